The van der Waals surface area contributed by atoms with Gasteiger partial charge in [0.05, 0.1) is 5.69 Å². The van der Waals surface area contributed by atoms with Gasteiger partial charge >= 0.3 is 0 Å². The highest BCUT2D eigenvalue weighted by molar-refractivity contribution is 7.90. The van der Waals surface area contributed by atoms with Crippen LogP contribution in [0.3, 0.4) is 0 Å². The third-order valence-electron chi connectivity index (χ3n) is 3.99. The molecule has 2 heterocycles. The summed E-state index contributed by atoms with van der Waals surface area (Å²) in [4.78, 5) is 0. The summed E-state index contributed by atoms with van der Waals surface area (Å²) in [6, 6.07) is 7.92. The average molecular weight is 349 g/mol. The zero-order valence-corrected chi connectivity index (χ0v) is 14.2. The molecule has 0 aliphatic carbocycles. The lowest BCUT2D eigenvalue weighted by atomic mass is 10.1. The Kier molecular flexibility index (Phi) is 4.84. The van der Waals surface area contributed by atoms with E-state index in [1.54, 1.807) is 49.7 Å². The van der Waals surface area contributed by atoms with E-state index in [4.69, 9.17) is 0 Å². The SMILES string of the molecule is CNCc1cc(-c2ccccc2F)n(S(=O)(=O)C2C=CCNC2)c1. The summed E-state index contributed by atoms with van der Waals surface area (Å²) in [7, 11) is -1.90. The van der Waals surface area contributed by atoms with E-state index in [0.29, 0.717) is 25.3 Å². The lowest BCUT2D eigenvalue weighted by Gasteiger charge is -2.20. The molecule has 1 aromatic carbocycles. The van der Waals surface area contributed by atoms with Crippen LogP contribution in [0.25, 0.3) is 11.3 Å². The van der Waals surface area contributed by atoms with Crippen LogP contribution in [-0.4, -0.2) is 37.8 Å². The van der Waals surface area contributed by atoms with Gasteiger partial charge in [0.1, 0.15) is 11.1 Å². The van der Waals surface area contributed by atoms with Crippen LogP contribution >= 0.6 is 0 Å². The molecule has 128 valence electrons. The van der Waals surface area contributed by atoms with Crippen molar-refractivity contribution < 1.29 is 12.8 Å². The van der Waals surface area contributed by atoms with Gasteiger partial charge in [0, 0.05) is 31.4 Å². The van der Waals surface area contributed by atoms with Gasteiger partial charge in [-0.1, -0.05) is 24.3 Å². The van der Waals surface area contributed by atoms with Gasteiger partial charge in [0.25, 0.3) is 0 Å². The van der Waals surface area contributed by atoms with E-state index in [1.165, 1.54) is 10.0 Å². The minimum Gasteiger partial charge on any atom is -0.316 e. The summed E-state index contributed by atoms with van der Waals surface area (Å²) in [5.74, 6) is -0.444. The Labute approximate surface area is 141 Å². The van der Waals surface area contributed by atoms with Crippen molar-refractivity contribution in [1.29, 1.82) is 0 Å². The maximum atomic E-state index is 14.2. The summed E-state index contributed by atoms with van der Waals surface area (Å²) in [6.07, 6.45) is 5.05. The highest BCUT2D eigenvalue weighted by atomic mass is 32.2. The topological polar surface area (TPSA) is 63.1 Å². The van der Waals surface area contributed by atoms with Crippen molar-refractivity contribution in [2.45, 2.75) is 11.8 Å². The minimum absolute atomic E-state index is 0.274. The van der Waals surface area contributed by atoms with Crippen LogP contribution in [0.4, 0.5) is 4.39 Å². The maximum Gasteiger partial charge on any atom is 0.246 e. The van der Waals surface area contributed by atoms with Gasteiger partial charge in [-0.05, 0) is 30.8 Å². The van der Waals surface area contributed by atoms with Gasteiger partial charge in [-0.15, -0.1) is 0 Å². The molecular weight excluding hydrogens is 329 g/mol. The second-order valence-corrected chi connectivity index (χ2v) is 7.74. The number of halogens is 1. The molecule has 0 saturated carbocycles. The van der Waals surface area contributed by atoms with Gasteiger partial charge in [0.2, 0.25) is 10.0 Å². The molecule has 0 spiro atoms. The van der Waals surface area contributed by atoms with Crippen LogP contribution in [0.2, 0.25) is 0 Å². The van der Waals surface area contributed by atoms with Crippen molar-refractivity contribution in [1.82, 2.24) is 14.6 Å². The predicted molar refractivity (Wildman–Crippen MR) is 92.7 cm³/mol. The van der Waals surface area contributed by atoms with Crippen molar-refractivity contribution in [3.05, 3.63) is 60.1 Å². The first kappa shape index (κ1) is 16.9. The Bertz CT molecular complexity index is 858. The molecule has 2 aromatic rings. The largest absolute Gasteiger partial charge is 0.316 e. The molecular formula is C17H20FN3O2S. The van der Waals surface area contributed by atoms with E-state index in [2.05, 4.69) is 10.6 Å². The van der Waals surface area contributed by atoms with E-state index in [-0.39, 0.29) is 5.56 Å². The molecule has 7 heteroatoms. The molecule has 1 aromatic heterocycles. The second kappa shape index (κ2) is 6.88. The van der Waals surface area contributed by atoms with Gasteiger partial charge < -0.3 is 10.6 Å². The van der Waals surface area contributed by atoms with Crippen LogP contribution in [0.1, 0.15) is 5.56 Å². The fraction of sp³-hybridized carbons (Fsp3) is 0.294. The average Bonchev–Trinajstić information content (AvgIpc) is 3.01. The van der Waals surface area contributed by atoms with Crippen LogP contribution in [0, 0.1) is 5.82 Å². The Morgan fingerprint density at radius 3 is 2.83 bits per heavy atom. The van der Waals surface area contributed by atoms with Crippen molar-refractivity contribution >= 4 is 10.0 Å². The zero-order valence-electron chi connectivity index (χ0n) is 13.4. The molecule has 0 fully saturated rings. The normalized spacial score (nSPS) is 18.0. The number of nitrogens with one attached hydrogen (secondary N) is 2. The summed E-state index contributed by atoms with van der Waals surface area (Å²) < 4.78 is 41.5. The summed E-state index contributed by atoms with van der Waals surface area (Å²) >= 11 is 0. The Morgan fingerprint density at radius 1 is 1.38 bits per heavy atom. The van der Waals surface area contributed by atoms with E-state index in [1.807, 2.05) is 0 Å². The van der Waals surface area contributed by atoms with Gasteiger partial charge in [0.15, 0.2) is 0 Å². The molecule has 3 rings (SSSR count). The molecule has 0 saturated heterocycles. The smallest absolute Gasteiger partial charge is 0.246 e. The molecule has 5 nitrogen and oxygen atoms in total. The Morgan fingerprint density at radius 2 is 2.17 bits per heavy atom. The summed E-state index contributed by atoms with van der Waals surface area (Å²) in [6.45, 7) is 1.50. The van der Waals surface area contributed by atoms with E-state index in [9.17, 15) is 12.8 Å². The molecule has 0 amide bonds. The fourth-order valence-corrected chi connectivity index (χ4v) is 4.46. The first-order chi connectivity index (χ1) is 11.5. The molecule has 1 aliphatic heterocycles. The van der Waals surface area contributed by atoms with Crippen LogP contribution < -0.4 is 10.6 Å². The van der Waals surface area contributed by atoms with Crippen LogP contribution in [0.15, 0.2) is 48.7 Å². The van der Waals surface area contributed by atoms with Crippen molar-refractivity contribution in [3.63, 3.8) is 0 Å². The number of aromatic nitrogens is 1. The number of nitrogens with zero attached hydrogens (tertiary/aromatic N) is 1. The molecule has 1 atom stereocenters. The number of benzene rings is 1. The quantitative estimate of drug-likeness (QED) is 0.807. The highest BCUT2D eigenvalue weighted by Gasteiger charge is 2.29. The third-order valence-corrected chi connectivity index (χ3v) is 5.93. The van der Waals surface area contributed by atoms with Crippen LogP contribution in [0.5, 0.6) is 0 Å². The number of hydrogen-bond donors (Lipinski definition) is 2. The monoisotopic (exact) mass is 349 g/mol. The first-order valence-electron chi connectivity index (χ1n) is 7.76. The molecule has 24 heavy (non-hydrogen) atoms. The van der Waals surface area contributed by atoms with E-state index < -0.39 is 21.1 Å². The van der Waals surface area contributed by atoms with Gasteiger partial charge in [-0.3, -0.25) is 0 Å². The van der Waals surface area contributed by atoms with Crippen molar-refractivity contribution in [3.8, 4) is 11.3 Å². The molecule has 0 bridgehead atoms. The maximum absolute atomic E-state index is 14.2. The van der Waals surface area contributed by atoms with Gasteiger partial charge in [-0.2, -0.15) is 0 Å². The molecule has 2 N–H and O–H groups in total. The van der Waals surface area contributed by atoms with Gasteiger partial charge in [-0.25, -0.2) is 16.8 Å². The minimum atomic E-state index is -3.68. The lowest BCUT2D eigenvalue weighted by molar-refractivity contribution is 0.571. The number of hydrogen-bond acceptors (Lipinski definition) is 4. The molecule has 1 aliphatic rings. The summed E-state index contributed by atoms with van der Waals surface area (Å²) in [5, 5.41) is 5.37. The fourth-order valence-electron chi connectivity index (χ4n) is 2.82. The highest BCUT2D eigenvalue weighted by Crippen LogP contribution is 2.28. The second-order valence-electron chi connectivity index (χ2n) is 5.71. The number of rotatable bonds is 5. The zero-order chi connectivity index (χ0) is 17.2. The van der Waals surface area contributed by atoms with Crippen LogP contribution in [-0.2, 0) is 16.6 Å². The Balaban J connectivity index is 2.14. The van der Waals surface area contributed by atoms with E-state index in [0.717, 1.165) is 5.56 Å². The van der Waals surface area contributed by atoms with Crippen molar-refractivity contribution in [2.75, 3.05) is 20.1 Å². The predicted octanol–water partition coefficient (Wildman–Crippen LogP) is 1.72. The third kappa shape index (κ3) is 3.15. The van der Waals surface area contributed by atoms with Crippen molar-refractivity contribution in [2.24, 2.45) is 0 Å². The summed E-state index contributed by atoms with van der Waals surface area (Å²) in [5.41, 5.74) is 1.40. The standard InChI is InChI=1S/C17H20FN3O2S/c1-19-10-13-9-17(15-6-2-3-7-16(15)18)21(12-13)24(22,23)14-5-4-8-20-11-14/h2-7,9,12,14,19-20H,8,10-11H2,1H3. The first-order valence-corrected chi connectivity index (χ1v) is 9.27. The Hall–Kier alpha value is -1.96. The molecule has 1 unspecified atom stereocenters. The lowest BCUT2D eigenvalue weighted by Crippen LogP contribution is -2.38. The molecule has 0 radical (unpaired) electrons. The van der Waals surface area contributed by atoms with E-state index >= 15 is 0 Å².